The number of nitrogens with one attached hydrogen (secondary N) is 1. The lowest BCUT2D eigenvalue weighted by Crippen LogP contribution is -2.57. The van der Waals surface area contributed by atoms with Gasteiger partial charge in [0.1, 0.15) is 42.3 Å². The number of carbonyl (C=O) groups is 3. The number of aromatic nitrogens is 2. The summed E-state index contributed by atoms with van der Waals surface area (Å²) < 4.78 is 32.0. The molecule has 2 aromatic heterocycles. The third-order valence-corrected chi connectivity index (χ3v) is 10.4. The van der Waals surface area contributed by atoms with Crippen molar-refractivity contribution in [3.8, 4) is 0 Å². The maximum atomic E-state index is 13.6. The van der Waals surface area contributed by atoms with Gasteiger partial charge in [-0.2, -0.15) is 0 Å². The number of aliphatic hydroxyl groups is 1. The molecule has 0 aromatic carbocycles. The molecule has 47 heavy (non-hydrogen) atoms. The van der Waals surface area contributed by atoms with Crippen LogP contribution in [0.1, 0.15) is 44.6 Å². The third kappa shape index (κ3) is 5.87. The third-order valence-electron chi connectivity index (χ3n) is 10.4. The first-order chi connectivity index (χ1) is 22.4. The SMILES string of the molecule is CO[C@H]1C[C@H]2C=C[C@H]3[C@H]4O[C@]2(/C(C)=C/[C@@H](C)[C@@H]([C@@H](C)OC(=O)Cn2ccc(=O)cc2)OC1=O)[C@@H]3[C@H](O)[C@@H](C)[C@H]4OC(=O)c1ccc[nH]1. The van der Waals surface area contributed by atoms with Crippen molar-refractivity contribution in [1.29, 1.82) is 0 Å². The van der Waals surface area contributed by atoms with E-state index < -0.39 is 72.0 Å². The minimum atomic E-state index is -1.02. The summed E-state index contributed by atoms with van der Waals surface area (Å²) in [4.78, 5) is 53.8. The predicted octanol–water partition coefficient (Wildman–Crippen LogP) is 2.81. The van der Waals surface area contributed by atoms with Gasteiger partial charge in [-0.1, -0.05) is 32.1 Å². The molecular weight excluding hydrogens is 608 g/mol. The number of rotatable bonds is 7. The van der Waals surface area contributed by atoms with Gasteiger partial charge in [-0.25, -0.2) is 9.59 Å². The molecule has 0 amide bonds. The normalized spacial score (nSPS) is 37.9. The number of ether oxygens (including phenoxy) is 5. The number of hydrogen-bond donors (Lipinski definition) is 2. The van der Waals surface area contributed by atoms with Crippen LogP contribution >= 0.6 is 0 Å². The number of hydrogen-bond acceptors (Lipinski definition) is 10. The second-order valence-electron chi connectivity index (χ2n) is 13.2. The lowest BCUT2D eigenvalue weighted by Gasteiger charge is -2.48. The van der Waals surface area contributed by atoms with Crippen molar-refractivity contribution in [2.45, 2.75) is 82.9 Å². The number of aliphatic hydroxyl groups excluding tert-OH is 1. The fraction of sp³-hybridized carbons (Fsp3) is 0.543. The summed E-state index contributed by atoms with van der Waals surface area (Å²) in [6.07, 6.45) is 6.06. The zero-order chi connectivity index (χ0) is 33.6. The molecule has 6 rings (SSSR count). The lowest BCUT2D eigenvalue weighted by atomic mass is 9.57. The number of methoxy groups -OCH3 is 1. The fourth-order valence-electron chi connectivity index (χ4n) is 8.14. The van der Waals surface area contributed by atoms with Crippen LogP contribution in [-0.2, 0) is 39.8 Å². The highest BCUT2D eigenvalue weighted by Crippen LogP contribution is 2.61. The van der Waals surface area contributed by atoms with Crippen molar-refractivity contribution in [2.75, 3.05) is 7.11 Å². The summed E-state index contributed by atoms with van der Waals surface area (Å²) in [6.45, 7) is 7.23. The molecule has 0 unspecified atom stereocenters. The molecule has 4 heterocycles. The maximum Gasteiger partial charge on any atom is 0.355 e. The smallest absolute Gasteiger partial charge is 0.355 e. The Kier molecular flexibility index (Phi) is 9.03. The first kappa shape index (κ1) is 32.9. The topological polar surface area (TPSA) is 155 Å². The van der Waals surface area contributed by atoms with Crippen LogP contribution in [0.15, 0.2) is 71.5 Å². The fourth-order valence-corrected chi connectivity index (χ4v) is 8.14. The Morgan fingerprint density at radius 1 is 1.17 bits per heavy atom. The van der Waals surface area contributed by atoms with Gasteiger partial charge in [0.15, 0.2) is 11.5 Å². The van der Waals surface area contributed by atoms with Crippen molar-refractivity contribution < 1.29 is 43.2 Å². The zero-order valence-electron chi connectivity index (χ0n) is 27.1. The van der Waals surface area contributed by atoms with Crippen LogP contribution in [-0.4, -0.2) is 81.9 Å². The standard InChI is InChI=1S/C35H42N2O10/c1-18-15-19(2)35-22(8-9-24-28(35)29(40)20(3)31(32(24)47-35)46-33(41)25-7-6-12-36-25)16-26(43-5)34(42)45-30(18)21(4)44-27(39)17-37-13-10-23(38)11-14-37/h6-15,18,20-22,24,26,28-32,36,40H,16-17H2,1-5H3/b19-15+/t18-,20-,21-,22-,24-,26+,28+,29-,30+,31-,32-,35+/m1/s1. The van der Waals surface area contributed by atoms with Crippen LogP contribution in [0.25, 0.3) is 0 Å². The highest BCUT2D eigenvalue weighted by Gasteiger charge is 2.69. The summed E-state index contributed by atoms with van der Waals surface area (Å²) >= 11 is 0. The molecule has 2 N–H and O–H groups in total. The first-order valence-electron chi connectivity index (χ1n) is 16.1. The molecule has 4 aliphatic rings. The van der Waals surface area contributed by atoms with E-state index in [0.717, 1.165) is 5.57 Å². The first-order valence-corrected chi connectivity index (χ1v) is 16.1. The molecule has 12 atom stereocenters. The summed E-state index contributed by atoms with van der Waals surface area (Å²) in [5, 5.41) is 11.9. The van der Waals surface area contributed by atoms with E-state index in [4.69, 9.17) is 23.7 Å². The summed E-state index contributed by atoms with van der Waals surface area (Å²) in [5.41, 5.74) is -0.0508. The van der Waals surface area contributed by atoms with Crippen LogP contribution in [0, 0.1) is 29.6 Å². The Morgan fingerprint density at radius 3 is 2.60 bits per heavy atom. The number of carbonyl (C=O) groups excluding carboxylic acids is 3. The van der Waals surface area contributed by atoms with E-state index in [1.165, 1.54) is 36.2 Å². The highest BCUT2D eigenvalue weighted by molar-refractivity contribution is 5.87. The van der Waals surface area contributed by atoms with Gasteiger partial charge >= 0.3 is 17.9 Å². The van der Waals surface area contributed by atoms with Gasteiger partial charge in [0.2, 0.25) is 0 Å². The lowest BCUT2D eigenvalue weighted by molar-refractivity contribution is -0.179. The number of aromatic amines is 1. The second kappa shape index (κ2) is 12.9. The molecular formula is C35H42N2O10. The van der Waals surface area contributed by atoms with Crippen LogP contribution in [0.5, 0.6) is 0 Å². The molecule has 252 valence electrons. The van der Waals surface area contributed by atoms with Crippen LogP contribution < -0.4 is 5.43 Å². The van der Waals surface area contributed by atoms with Crippen molar-refractivity contribution in [1.82, 2.24) is 9.55 Å². The van der Waals surface area contributed by atoms with E-state index in [1.54, 1.807) is 25.3 Å². The van der Waals surface area contributed by atoms with Gasteiger partial charge in [-0.3, -0.25) is 9.59 Å². The van der Waals surface area contributed by atoms with E-state index in [9.17, 15) is 24.3 Å². The van der Waals surface area contributed by atoms with Gasteiger partial charge in [-0.15, -0.1) is 0 Å². The largest absolute Gasteiger partial charge is 0.457 e. The quantitative estimate of drug-likeness (QED) is 0.260. The highest BCUT2D eigenvalue weighted by atomic mass is 16.6. The summed E-state index contributed by atoms with van der Waals surface area (Å²) in [5.74, 6) is -3.53. The van der Waals surface area contributed by atoms with E-state index in [1.807, 2.05) is 39.0 Å². The van der Waals surface area contributed by atoms with Gasteiger partial charge in [0, 0.05) is 67.4 Å². The number of esters is 3. The summed E-state index contributed by atoms with van der Waals surface area (Å²) in [7, 11) is 1.44. The molecule has 2 aromatic rings. The number of pyridine rings is 1. The van der Waals surface area contributed by atoms with Gasteiger partial charge < -0.3 is 38.3 Å². The number of H-pyrrole nitrogens is 1. The van der Waals surface area contributed by atoms with E-state index in [0.29, 0.717) is 5.69 Å². The van der Waals surface area contributed by atoms with Crippen molar-refractivity contribution >= 4 is 17.9 Å². The Balaban J connectivity index is 1.31. The van der Waals surface area contributed by atoms with Crippen molar-refractivity contribution in [3.63, 3.8) is 0 Å². The molecule has 1 spiro atoms. The molecule has 12 nitrogen and oxygen atoms in total. The molecule has 1 saturated carbocycles. The number of cyclic esters (lactones) is 1. The molecule has 2 aliphatic carbocycles. The van der Waals surface area contributed by atoms with E-state index in [-0.39, 0.29) is 36.1 Å². The Labute approximate surface area is 272 Å². The Bertz CT molecular complexity index is 1590. The van der Waals surface area contributed by atoms with Gasteiger partial charge in [-0.05, 0) is 38.0 Å². The Hall–Kier alpha value is -4.00. The average Bonchev–Trinajstić information content (AvgIpc) is 3.64. The minimum Gasteiger partial charge on any atom is -0.457 e. The van der Waals surface area contributed by atoms with Gasteiger partial charge in [0.05, 0.1) is 6.10 Å². The molecule has 0 radical (unpaired) electrons. The van der Waals surface area contributed by atoms with E-state index in [2.05, 4.69) is 4.98 Å². The minimum absolute atomic E-state index is 0.129. The monoisotopic (exact) mass is 650 g/mol. The zero-order valence-corrected chi connectivity index (χ0v) is 27.1. The molecule has 2 aliphatic heterocycles. The maximum absolute atomic E-state index is 13.6. The second-order valence-corrected chi connectivity index (χ2v) is 13.2. The molecule has 1 saturated heterocycles. The van der Waals surface area contributed by atoms with Crippen molar-refractivity contribution in [3.05, 3.63) is 82.6 Å². The Morgan fingerprint density at radius 2 is 1.91 bits per heavy atom. The van der Waals surface area contributed by atoms with Crippen molar-refractivity contribution in [2.24, 2.45) is 29.6 Å². The number of nitrogens with zero attached hydrogens (tertiary/aromatic N) is 1. The predicted molar refractivity (Wildman–Crippen MR) is 167 cm³/mol. The van der Waals surface area contributed by atoms with Crippen LogP contribution in [0.2, 0.25) is 0 Å². The van der Waals surface area contributed by atoms with E-state index >= 15 is 0 Å². The van der Waals surface area contributed by atoms with Gasteiger partial charge in [0.25, 0.3) is 0 Å². The average molecular weight is 651 g/mol. The molecule has 2 fully saturated rings. The molecule has 4 bridgehead atoms. The summed E-state index contributed by atoms with van der Waals surface area (Å²) in [6, 6.07) is 6.05. The van der Waals surface area contributed by atoms with Crippen LogP contribution in [0.4, 0.5) is 0 Å². The van der Waals surface area contributed by atoms with Crippen LogP contribution in [0.3, 0.4) is 0 Å². The molecule has 12 heteroatoms.